The van der Waals surface area contributed by atoms with Crippen LogP contribution in [0.3, 0.4) is 0 Å². The average Bonchev–Trinajstić information content (AvgIpc) is 1.99. The Kier molecular flexibility index (Phi) is 3.22. The van der Waals surface area contributed by atoms with Crippen LogP contribution in [0.15, 0.2) is 24.4 Å². The first-order valence-electron chi connectivity index (χ1n) is 5.70. The van der Waals surface area contributed by atoms with E-state index in [2.05, 4.69) is 70.5 Å². The molecule has 0 fully saturated rings. The lowest BCUT2D eigenvalue weighted by atomic mass is 9.89. The van der Waals surface area contributed by atoms with Crippen molar-refractivity contribution >= 4 is 0 Å². The van der Waals surface area contributed by atoms with Gasteiger partial charge >= 0.3 is 0 Å². The lowest BCUT2D eigenvalue weighted by molar-refractivity contribution is -0.760. The fraction of sp³-hybridized carbons (Fsp3) is 0.643. The first-order valence-corrected chi connectivity index (χ1v) is 5.70. The van der Waals surface area contributed by atoms with Gasteiger partial charge in [-0.3, -0.25) is 0 Å². The highest BCUT2D eigenvalue weighted by Crippen LogP contribution is 2.19. The maximum Gasteiger partial charge on any atom is 0.182 e. The Labute approximate surface area is 94.1 Å². The van der Waals surface area contributed by atoms with E-state index in [0.717, 1.165) is 6.42 Å². The van der Waals surface area contributed by atoms with Gasteiger partial charge in [-0.2, -0.15) is 4.57 Å². The van der Waals surface area contributed by atoms with E-state index in [1.807, 2.05) is 0 Å². The highest BCUT2D eigenvalue weighted by atomic mass is 15.0. The van der Waals surface area contributed by atoms with E-state index in [1.54, 1.807) is 0 Å². The van der Waals surface area contributed by atoms with Crippen molar-refractivity contribution in [3.05, 3.63) is 30.1 Å². The second-order valence-electron chi connectivity index (χ2n) is 6.47. The summed E-state index contributed by atoms with van der Waals surface area (Å²) in [5.74, 6) is 0. The Morgan fingerprint density at radius 1 is 1.00 bits per heavy atom. The molecule has 1 nitrogen and oxygen atoms in total. The van der Waals surface area contributed by atoms with Crippen LogP contribution >= 0.6 is 0 Å². The number of aromatic nitrogens is 1. The third kappa shape index (κ3) is 3.65. The zero-order valence-corrected chi connectivity index (χ0v) is 11.0. The van der Waals surface area contributed by atoms with Crippen LogP contribution in [-0.2, 0) is 12.0 Å². The van der Waals surface area contributed by atoms with Gasteiger partial charge in [-0.05, 0) is 5.41 Å². The minimum atomic E-state index is 0.168. The molecule has 0 N–H and O–H groups in total. The van der Waals surface area contributed by atoms with Gasteiger partial charge in [0.25, 0.3) is 0 Å². The first-order chi connectivity index (χ1) is 6.70. The Morgan fingerprint density at radius 2 is 1.60 bits per heavy atom. The van der Waals surface area contributed by atoms with Crippen LogP contribution in [0.1, 0.15) is 47.2 Å². The van der Waals surface area contributed by atoms with E-state index in [0.29, 0.717) is 5.41 Å². The number of hydrogen-bond acceptors (Lipinski definition) is 0. The van der Waals surface area contributed by atoms with E-state index in [4.69, 9.17) is 0 Å². The molecule has 0 bridgehead atoms. The standard InChI is InChI=1S/C14H24N/c1-13(2,3)11-12-9-7-8-10-15(12)14(4,5)6/h7-10H,11H2,1-6H3/q+1. The molecule has 0 aromatic carbocycles. The van der Waals surface area contributed by atoms with E-state index in [-0.39, 0.29) is 5.54 Å². The summed E-state index contributed by atoms with van der Waals surface area (Å²) in [7, 11) is 0. The van der Waals surface area contributed by atoms with Crippen LogP contribution < -0.4 is 4.57 Å². The summed E-state index contributed by atoms with van der Waals surface area (Å²) >= 11 is 0. The monoisotopic (exact) mass is 206 g/mol. The van der Waals surface area contributed by atoms with Gasteiger partial charge in [0, 0.05) is 39.3 Å². The molecule has 0 radical (unpaired) electrons. The fourth-order valence-corrected chi connectivity index (χ4v) is 1.82. The second kappa shape index (κ2) is 3.96. The number of pyridine rings is 1. The van der Waals surface area contributed by atoms with Gasteiger partial charge in [0.1, 0.15) is 0 Å². The smallest absolute Gasteiger partial charge is 0.182 e. The van der Waals surface area contributed by atoms with Crippen molar-refractivity contribution in [2.75, 3.05) is 0 Å². The Hall–Kier alpha value is -0.850. The van der Waals surface area contributed by atoms with Crippen LogP contribution in [0.4, 0.5) is 0 Å². The van der Waals surface area contributed by atoms with Crippen molar-refractivity contribution in [1.82, 2.24) is 0 Å². The van der Waals surface area contributed by atoms with Crippen LogP contribution in [0, 0.1) is 5.41 Å². The highest BCUT2D eigenvalue weighted by Gasteiger charge is 2.27. The molecule has 1 heterocycles. The SMILES string of the molecule is CC(C)(C)Cc1cccc[n+]1C(C)(C)C. The molecule has 1 aromatic heterocycles. The molecule has 0 spiro atoms. The highest BCUT2D eigenvalue weighted by molar-refractivity contribution is 5.00. The largest absolute Gasteiger partial charge is 0.198 e. The summed E-state index contributed by atoms with van der Waals surface area (Å²) in [4.78, 5) is 0. The van der Waals surface area contributed by atoms with Gasteiger partial charge in [0.2, 0.25) is 0 Å². The van der Waals surface area contributed by atoms with Gasteiger partial charge in [-0.15, -0.1) is 0 Å². The molecule has 0 aliphatic carbocycles. The van der Waals surface area contributed by atoms with Gasteiger partial charge in [0.15, 0.2) is 17.4 Å². The third-order valence-corrected chi connectivity index (χ3v) is 2.38. The zero-order valence-electron chi connectivity index (χ0n) is 11.0. The molecule has 0 amide bonds. The fourth-order valence-electron chi connectivity index (χ4n) is 1.82. The topological polar surface area (TPSA) is 3.88 Å². The summed E-state index contributed by atoms with van der Waals surface area (Å²) in [5.41, 5.74) is 1.92. The van der Waals surface area contributed by atoms with Crippen molar-refractivity contribution in [2.45, 2.75) is 53.5 Å². The Bertz CT molecular complexity index is 326. The molecular formula is C14H24N+. The maximum atomic E-state index is 2.37. The molecular weight excluding hydrogens is 182 g/mol. The van der Waals surface area contributed by atoms with Crippen molar-refractivity contribution < 1.29 is 4.57 Å². The van der Waals surface area contributed by atoms with Crippen molar-refractivity contribution in [3.63, 3.8) is 0 Å². The third-order valence-electron chi connectivity index (χ3n) is 2.38. The molecule has 15 heavy (non-hydrogen) atoms. The first kappa shape index (κ1) is 12.2. The van der Waals surface area contributed by atoms with Gasteiger partial charge < -0.3 is 0 Å². The molecule has 1 heteroatoms. The molecule has 0 atom stereocenters. The van der Waals surface area contributed by atoms with Gasteiger partial charge in [-0.25, -0.2) is 0 Å². The summed E-state index contributed by atoms with van der Waals surface area (Å²) in [6, 6.07) is 6.47. The lowest BCUT2D eigenvalue weighted by Crippen LogP contribution is -2.53. The molecule has 0 aliphatic heterocycles. The summed E-state index contributed by atoms with van der Waals surface area (Å²) in [6.45, 7) is 13.6. The number of nitrogens with zero attached hydrogens (tertiary/aromatic N) is 1. The molecule has 0 saturated heterocycles. The number of hydrogen-bond donors (Lipinski definition) is 0. The minimum absolute atomic E-state index is 0.168. The van der Waals surface area contributed by atoms with Crippen LogP contribution in [0.2, 0.25) is 0 Å². The summed E-state index contributed by atoms with van der Waals surface area (Å²) in [6.07, 6.45) is 3.30. The van der Waals surface area contributed by atoms with E-state index >= 15 is 0 Å². The molecule has 0 saturated carbocycles. The van der Waals surface area contributed by atoms with E-state index < -0.39 is 0 Å². The second-order valence-corrected chi connectivity index (χ2v) is 6.47. The van der Waals surface area contributed by atoms with Crippen LogP contribution in [-0.4, -0.2) is 0 Å². The Balaban J connectivity index is 3.08. The van der Waals surface area contributed by atoms with Crippen molar-refractivity contribution in [1.29, 1.82) is 0 Å². The molecule has 0 unspecified atom stereocenters. The minimum Gasteiger partial charge on any atom is -0.198 e. The molecule has 1 rings (SSSR count). The number of rotatable bonds is 1. The predicted molar refractivity (Wildman–Crippen MR) is 64.8 cm³/mol. The van der Waals surface area contributed by atoms with E-state index in [9.17, 15) is 0 Å². The molecule has 0 aliphatic rings. The van der Waals surface area contributed by atoms with Gasteiger partial charge in [-0.1, -0.05) is 26.8 Å². The van der Waals surface area contributed by atoms with Crippen molar-refractivity contribution in [3.8, 4) is 0 Å². The van der Waals surface area contributed by atoms with Crippen LogP contribution in [0.25, 0.3) is 0 Å². The van der Waals surface area contributed by atoms with Crippen LogP contribution in [0.5, 0.6) is 0 Å². The predicted octanol–water partition coefficient (Wildman–Crippen LogP) is 3.32. The quantitative estimate of drug-likeness (QED) is 0.621. The summed E-state index contributed by atoms with van der Waals surface area (Å²) < 4.78 is 2.37. The Morgan fingerprint density at radius 3 is 2.07 bits per heavy atom. The normalized spacial score (nSPS) is 12.9. The zero-order chi connectivity index (χ0) is 11.7. The molecule has 84 valence electrons. The average molecular weight is 206 g/mol. The summed E-state index contributed by atoms with van der Waals surface area (Å²) in [5, 5.41) is 0. The van der Waals surface area contributed by atoms with E-state index in [1.165, 1.54) is 5.69 Å². The molecule has 1 aromatic rings. The van der Waals surface area contributed by atoms with Crippen molar-refractivity contribution in [2.24, 2.45) is 5.41 Å². The maximum absolute atomic E-state index is 2.37. The van der Waals surface area contributed by atoms with Gasteiger partial charge in [0.05, 0.1) is 0 Å². The lowest BCUT2D eigenvalue weighted by Gasteiger charge is -2.21.